The lowest BCUT2D eigenvalue weighted by atomic mass is 10.2. The quantitative estimate of drug-likeness (QED) is 0.828. The number of aromatic carboxylic acids is 1. The molecular formula is C12H16N4O3S. The van der Waals surface area contributed by atoms with Crippen molar-refractivity contribution in [3.8, 4) is 6.07 Å². The number of urea groups is 1. The summed E-state index contributed by atoms with van der Waals surface area (Å²) in [7, 11) is 0. The van der Waals surface area contributed by atoms with Gasteiger partial charge in [0.05, 0.1) is 18.5 Å². The van der Waals surface area contributed by atoms with Crippen LogP contribution in [0, 0.1) is 17.2 Å². The first-order valence-corrected chi connectivity index (χ1v) is 6.96. The van der Waals surface area contributed by atoms with Crippen molar-refractivity contribution in [3.05, 3.63) is 16.1 Å². The molecule has 0 bridgehead atoms. The molecular weight excluding hydrogens is 280 g/mol. The number of carbonyl (C=O) groups is 2. The van der Waals surface area contributed by atoms with Crippen LogP contribution < -0.4 is 5.32 Å². The number of nitriles is 1. The first kappa shape index (κ1) is 15.9. The smallest absolute Gasteiger partial charge is 0.355 e. The number of nitrogens with zero attached hydrogens (tertiary/aromatic N) is 3. The van der Waals surface area contributed by atoms with Crippen LogP contribution in [0.3, 0.4) is 0 Å². The number of aromatic nitrogens is 1. The second kappa shape index (κ2) is 7.45. The van der Waals surface area contributed by atoms with E-state index in [-0.39, 0.29) is 24.2 Å². The summed E-state index contributed by atoms with van der Waals surface area (Å²) in [6, 6.07) is 1.79. The van der Waals surface area contributed by atoms with Crippen molar-refractivity contribution in [2.75, 3.05) is 13.1 Å². The maximum absolute atomic E-state index is 11.9. The van der Waals surface area contributed by atoms with E-state index in [1.807, 2.05) is 6.92 Å². The zero-order chi connectivity index (χ0) is 15.1. The first-order valence-electron chi connectivity index (χ1n) is 6.08. The van der Waals surface area contributed by atoms with E-state index < -0.39 is 5.97 Å². The number of carboxylic acids is 1. The Hall–Kier alpha value is -2.14. The van der Waals surface area contributed by atoms with E-state index in [1.165, 1.54) is 21.6 Å². The fourth-order valence-electron chi connectivity index (χ4n) is 1.48. The molecule has 1 unspecified atom stereocenters. The van der Waals surface area contributed by atoms with Gasteiger partial charge in [-0.05, 0) is 13.8 Å². The highest BCUT2D eigenvalue weighted by atomic mass is 32.1. The Morgan fingerprint density at radius 3 is 2.85 bits per heavy atom. The van der Waals surface area contributed by atoms with E-state index in [1.54, 1.807) is 6.92 Å². The summed E-state index contributed by atoms with van der Waals surface area (Å²) in [5.74, 6) is -1.32. The minimum absolute atomic E-state index is 0.0234. The maximum Gasteiger partial charge on any atom is 0.355 e. The Morgan fingerprint density at radius 2 is 2.35 bits per heavy atom. The highest BCUT2D eigenvalue weighted by Gasteiger charge is 2.15. The Balaban J connectivity index is 2.52. The number of carboxylic acid groups (broad SMARTS) is 1. The summed E-state index contributed by atoms with van der Waals surface area (Å²) in [4.78, 5) is 28.0. The Morgan fingerprint density at radius 1 is 1.65 bits per heavy atom. The van der Waals surface area contributed by atoms with Crippen LogP contribution >= 0.6 is 11.3 Å². The average molecular weight is 296 g/mol. The standard InChI is InChI=1S/C12H16N4O3S/c1-3-16(6-8(2)4-13)12(19)14-5-10-15-9(7-20-10)11(17)18/h7-8H,3,5-6H2,1-2H3,(H,14,19)(H,17,18). The van der Waals surface area contributed by atoms with Gasteiger partial charge in [0.1, 0.15) is 5.01 Å². The molecule has 0 aliphatic rings. The molecule has 1 heterocycles. The Kier molecular flexibility index (Phi) is 5.93. The lowest BCUT2D eigenvalue weighted by Crippen LogP contribution is -2.41. The number of amides is 2. The molecule has 20 heavy (non-hydrogen) atoms. The predicted molar refractivity (Wildman–Crippen MR) is 73.3 cm³/mol. The van der Waals surface area contributed by atoms with Gasteiger partial charge in [-0.1, -0.05) is 0 Å². The molecule has 0 aliphatic heterocycles. The molecule has 2 N–H and O–H groups in total. The van der Waals surface area contributed by atoms with Gasteiger partial charge < -0.3 is 15.3 Å². The fourth-order valence-corrected chi connectivity index (χ4v) is 2.19. The average Bonchev–Trinajstić information content (AvgIpc) is 2.90. The van der Waals surface area contributed by atoms with E-state index >= 15 is 0 Å². The SMILES string of the molecule is CCN(CC(C)C#N)C(=O)NCc1nc(C(=O)O)cs1. The number of carbonyl (C=O) groups excluding carboxylic acids is 1. The molecule has 0 aliphatic carbocycles. The summed E-state index contributed by atoms with van der Waals surface area (Å²) in [5.41, 5.74) is -0.0234. The second-order valence-electron chi connectivity index (χ2n) is 4.16. The molecule has 108 valence electrons. The predicted octanol–water partition coefficient (Wildman–Crippen LogP) is 1.53. The fraction of sp³-hybridized carbons (Fsp3) is 0.500. The number of hydrogen-bond acceptors (Lipinski definition) is 5. The van der Waals surface area contributed by atoms with Gasteiger partial charge in [0, 0.05) is 18.5 Å². The Bertz CT molecular complexity index is 523. The van der Waals surface area contributed by atoms with Crippen LogP contribution in [0.25, 0.3) is 0 Å². The topological polar surface area (TPSA) is 106 Å². The number of nitrogens with one attached hydrogen (secondary N) is 1. The van der Waals surface area contributed by atoms with Gasteiger partial charge in [-0.15, -0.1) is 11.3 Å². The third-order valence-electron chi connectivity index (χ3n) is 2.55. The third kappa shape index (κ3) is 4.51. The van der Waals surface area contributed by atoms with Crippen molar-refractivity contribution in [2.45, 2.75) is 20.4 Å². The molecule has 0 aromatic carbocycles. The van der Waals surface area contributed by atoms with Gasteiger partial charge in [0.15, 0.2) is 5.69 Å². The van der Waals surface area contributed by atoms with Crippen molar-refractivity contribution in [2.24, 2.45) is 5.92 Å². The van der Waals surface area contributed by atoms with Crippen LogP contribution in [0.1, 0.15) is 29.3 Å². The second-order valence-corrected chi connectivity index (χ2v) is 5.10. The number of thiazole rings is 1. The van der Waals surface area contributed by atoms with Gasteiger partial charge in [-0.3, -0.25) is 0 Å². The van der Waals surface area contributed by atoms with Gasteiger partial charge in [0.25, 0.3) is 0 Å². The van der Waals surface area contributed by atoms with Crippen molar-refractivity contribution in [3.63, 3.8) is 0 Å². The molecule has 7 nitrogen and oxygen atoms in total. The molecule has 0 radical (unpaired) electrons. The summed E-state index contributed by atoms with van der Waals surface area (Å²) >= 11 is 1.18. The zero-order valence-corrected chi connectivity index (χ0v) is 12.1. The third-order valence-corrected chi connectivity index (χ3v) is 3.39. The Labute approximate surface area is 120 Å². The molecule has 0 spiro atoms. The van der Waals surface area contributed by atoms with Gasteiger partial charge in [0.2, 0.25) is 0 Å². The van der Waals surface area contributed by atoms with Crippen LogP contribution in [-0.2, 0) is 6.54 Å². The largest absolute Gasteiger partial charge is 0.476 e. The van der Waals surface area contributed by atoms with Gasteiger partial charge in [-0.25, -0.2) is 14.6 Å². The van der Waals surface area contributed by atoms with Crippen LogP contribution in [0.15, 0.2) is 5.38 Å². The van der Waals surface area contributed by atoms with Crippen molar-refractivity contribution >= 4 is 23.3 Å². The van der Waals surface area contributed by atoms with Crippen molar-refractivity contribution in [1.82, 2.24) is 15.2 Å². The summed E-state index contributed by atoms with van der Waals surface area (Å²) in [6.07, 6.45) is 0. The summed E-state index contributed by atoms with van der Waals surface area (Å²) in [6.45, 7) is 4.60. The molecule has 0 saturated heterocycles. The minimum Gasteiger partial charge on any atom is -0.476 e. The molecule has 1 rings (SSSR count). The van der Waals surface area contributed by atoms with Gasteiger partial charge >= 0.3 is 12.0 Å². The lowest BCUT2D eigenvalue weighted by Gasteiger charge is -2.22. The highest BCUT2D eigenvalue weighted by Crippen LogP contribution is 2.09. The van der Waals surface area contributed by atoms with Crippen molar-refractivity contribution < 1.29 is 14.7 Å². The summed E-state index contributed by atoms with van der Waals surface area (Å²) < 4.78 is 0. The number of rotatable bonds is 6. The molecule has 0 fully saturated rings. The molecule has 0 saturated carbocycles. The molecule has 1 aromatic rings. The zero-order valence-electron chi connectivity index (χ0n) is 11.3. The first-order chi connectivity index (χ1) is 9.47. The van der Waals surface area contributed by atoms with E-state index in [0.29, 0.717) is 18.1 Å². The molecule has 2 amide bonds. The van der Waals surface area contributed by atoms with Crippen LogP contribution in [0.5, 0.6) is 0 Å². The summed E-state index contributed by atoms with van der Waals surface area (Å²) in [5, 5.41) is 22.1. The van der Waals surface area contributed by atoms with Crippen molar-refractivity contribution in [1.29, 1.82) is 5.26 Å². The molecule has 8 heteroatoms. The highest BCUT2D eigenvalue weighted by molar-refractivity contribution is 7.09. The minimum atomic E-state index is -1.09. The van der Waals surface area contributed by atoms with E-state index in [2.05, 4.69) is 16.4 Å². The van der Waals surface area contributed by atoms with E-state index in [9.17, 15) is 9.59 Å². The van der Waals surface area contributed by atoms with Crippen LogP contribution in [0.2, 0.25) is 0 Å². The van der Waals surface area contributed by atoms with Gasteiger partial charge in [-0.2, -0.15) is 5.26 Å². The maximum atomic E-state index is 11.9. The molecule has 1 atom stereocenters. The normalized spacial score (nSPS) is 11.4. The van der Waals surface area contributed by atoms with E-state index in [0.717, 1.165) is 0 Å². The number of hydrogen-bond donors (Lipinski definition) is 2. The monoisotopic (exact) mass is 296 g/mol. The molecule has 1 aromatic heterocycles. The van der Waals surface area contributed by atoms with Crippen LogP contribution in [0.4, 0.5) is 4.79 Å². The lowest BCUT2D eigenvalue weighted by molar-refractivity contribution is 0.0691. The van der Waals surface area contributed by atoms with E-state index in [4.69, 9.17) is 10.4 Å². The van der Waals surface area contributed by atoms with Crippen LogP contribution in [-0.4, -0.2) is 40.1 Å².